The average molecular weight is 305 g/mol. The fourth-order valence-corrected chi connectivity index (χ4v) is 2.72. The van der Waals surface area contributed by atoms with Crippen LogP contribution in [0.25, 0.3) is 0 Å². The van der Waals surface area contributed by atoms with E-state index < -0.39 is 10.0 Å². The number of amides is 1. The number of piperidine rings is 1. The number of nitrogens with one attached hydrogen (secondary N) is 2. The van der Waals surface area contributed by atoms with Gasteiger partial charge in [0.1, 0.15) is 0 Å². The van der Waals surface area contributed by atoms with Gasteiger partial charge in [0.2, 0.25) is 15.9 Å². The summed E-state index contributed by atoms with van der Waals surface area (Å²) in [5.41, 5.74) is -0.0807. The zero-order valence-electron chi connectivity index (χ0n) is 12.9. The van der Waals surface area contributed by atoms with Gasteiger partial charge in [-0.05, 0) is 39.5 Å². The molecule has 1 aliphatic heterocycles. The molecular weight excluding hydrogens is 278 g/mol. The van der Waals surface area contributed by atoms with E-state index >= 15 is 0 Å². The van der Waals surface area contributed by atoms with E-state index in [0.29, 0.717) is 19.6 Å². The number of hydrogen-bond acceptors (Lipinski definition) is 4. The monoisotopic (exact) mass is 305 g/mol. The van der Waals surface area contributed by atoms with Crippen molar-refractivity contribution in [1.82, 2.24) is 14.9 Å². The largest absolute Gasteiger partial charge is 0.341 e. The van der Waals surface area contributed by atoms with Crippen molar-refractivity contribution in [2.24, 2.45) is 5.92 Å². The van der Waals surface area contributed by atoms with Crippen molar-refractivity contribution in [3.8, 4) is 0 Å². The van der Waals surface area contributed by atoms with Crippen LogP contribution >= 0.6 is 0 Å². The molecule has 1 unspecified atom stereocenters. The lowest BCUT2D eigenvalue weighted by molar-refractivity contribution is -0.132. The van der Waals surface area contributed by atoms with Crippen molar-refractivity contribution >= 4 is 15.9 Å². The maximum absolute atomic E-state index is 12.1. The van der Waals surface area contributed by atoms with Gasteiger partial charge < -0.3 is 10.2 Å². The summed E-state index contributed by atoms with van der Waals surface area (Å²) in [4.78, 5) is 13.9. The van der Waals surface area contributed by atoms with E-state index in [9.17, 15) is 13.2 Å². The van der Waals surface area contributed by atoms with E-state index in [1.165, 1.54) is 0 Å². The maximum atomic E-state index is 12.1. The Morgan fingerprint density at radius 2 is 2.00 bits per heavy atom. The van der Waals surface area contributed by atoms with Crippen LogP contribution in [0.1, 0.15) is 33.6 Å². The van der Waals surface area contributed by atoms with Gasteiger partial charge in [-0.3, -0.25) is 4.79 Å². The smallest absolute Gasteiger partial charge is 0.236 e. The zero-order valence-corrected chi connectivity index (χ0v) is 13.7. The first-order chi connectivity index (χ1) is 9.07. The van der Waals surface area contributed by atoms with Gasteiger partial charge in [-0.1, -0.05) is 0 Å². The van der Waals surface area contributed by atoms with Gasteiger partial charge >= 0.3 is 0 Å². The average Bonchev–Trinajstić information content (AvgIpc) is 2.32. The second-order valence-electron chi connectivity index (χ2n) is 6.57. The van der Waals surface area contributed by atoms with Crippen LogP contribution in [0.15, 0.2) is 0 Å². The Kier molecular flexibility index (Phi) is 5.97. The number of rotatable bonds is 5. The first-order valence-corrected chi connectivity index (χ1v) is 8.93. The Morgan fingerprint density at radius 1 is 1.35 bits per heavy atom. The van der Waals surface area contributed by atoms with Crippen molar-refractivity contribution in [3.05, 3.63) is 0 Å². The third-order valence-electron chi connectivity index (χ3n) is 3.28. The molecule has 1 aliphatic rings. The lowest BCUT2D eigenvalue weighted by Crippen LogP contribution is -2.49. The Balaban J connectivity index is 2.42. The molecular formula is C13H27N3O3S. The minimum absolute atomic E-state index is 0.0807. The highest BCUT2D eigenvalue weighted by molar-refractivity contribution is 7.88. The van der Waals surface area contributed by atoms with E-state index in [1.54, 1.807) is 0 Å². The molecule has 2 N–H and O–H groups in total. The third-order valence-corrected chi connectivity index (χ3v) is 3.97. The molecule has 0 aliphatic carbocycles. The first kappa shape index (κ1) is 17.4. The minimum Gasteiger partial charge on any atom is -0.341 e. The molecule has 118 valence electrons. The normalized spacial score (nSPS) is 21.0. The fourth-order valence-electron chi connectivity index (χ4n) is 2.18. The van der Waals surface area contributed by atoms with Crippen molar-refractivity contribution in [2.45, 2.75) is 39.2 Å². The maximum Gasteiger partial charge on any atom is 0.236 e. The number of hydrogen-bond donors (Lipinski definition) is 2. The standard InChI is InChI=1S/C13H27N3O3S/c1-13(2,3)14-9-12(17)16-7-5-6-11(10-16)8-15-20(4,18)19/h11,14-15H,5-10H2,1-4H3. The van der Waals surface area contributed by atoms with Crippen LogP contribution in [0, 0.1) is 5.92 Å². The molecule has 1 amide bonds. The summed E-state index contributed by atoms with van der Waals surface area (Å²) in [6.07, 6.45) is 3.04. The predicted molar refractivity (Wildman–Crippen MR) is 79.9 cm³/mol. The number of likely N-dealkylation sites (tertiary alicyclic amines) is 1. The molecule has 0 bridgehead atoms. The van der Waals surface area contributed by atoms with Gasteiger partial charge in [-0.15, -0.1) is 0 Å². The lowest BCUT2D eigenvalue weighted by atomic mass is 9.98. The van der Waals surface area contributed by atoms with Gasteiger partial charge in [-0.25, -0.2) is 13.1 Å². The van der Waals surface area contributed by atoms with E-state index in [2.05, 4.69) is 10.0 Å². The fraction of sp³-hybridized carbons (Fsp3) is 0.923. The molecule has 0 spiro atoms. The van der Waals surface area contributed by atoms with Crippen LogP contribution in [-0.2, 0) is 14.8 Å². The highest BCUT2D eigenvalue weighted by Gasteiger charge is 2.24. The number of nitrogens with zero attached hydrogens (tertiary/aromatic N) is 1. The Labute approximate surface area is 122 Å². The van der Waals surface area contributed by atoms with Crippen molar-refractivity contribution in [3.63, 3.8) is 0 Å². The summed E-state index contributed by atoms with van der Waals surface area (Å²) in [7, 11) is -3.16. The van der Waals surface area contributed by atoms with Crippen molar-refractivity contribution in [2.75, 3.05) is 32.4 Å². The van der Waals surface area contributed by atoms with Crippen molar-refractivity contribution in [1.29, 1.82) is 0 Å². The van der Waals surface area contributed by atoms with Crippen LogP contribution in [0.4, 0.5) is 0 Å². The van der Waals surface area contributed by atoms with Gasteiger partial charge in [0.05, 0.1) is 12.8 Å². The molecule has 0 aromatic carbocycles. The SMILES string of the molecule is CC(C)(C)NCC(=O)N1CCCC(CNS(C)(=O)=O)C1. The summed E-state index contributed by atoms with van der Waals surface area (Å²) < 4.78 is 24.7. The summed E-state index contributed by atoms with van der Waals surface area (Å²) in [6, 6.07) is 0. The summed E-state index contributed by atoms with van der Waals surface area (Å²) in [5, 5.41) is 3.19. The molecule has 0 aromatic heterocycles. The molecule has 0 saturated carbocycles. The number of carbonyl (C=O) groups excluding carboxylic acids is 1. The van der Waals surface area contributed by atoms with E-state index in [4.69, 9.17) is 0 Å². The second-order valence-corrected chi connectivity index (χ2v) is 8.41. The summed E-state index contributed by atoms with van der Waals surface area (Å²) in [6.45, 7) is 8.21. The first-order valence-electron chi connectivity index (χ1n) is 7.04. The Morgan fingerprint density at radius 3 is 2.55 bits per heavy atom. The van der Waals surface area contributed by atoms with Crippen LogP contribution in [0.3, 0.4) is 0 Å². The minimum atomic E-state index is -3.16. The second kappa shape index (κ2) is 6.87. The highest BCUT2D eigenvalue weighted by Crippen LogP contribution is 2.16. The molecule has 0 radical (unpaired) electrons. The van der Waals surface area contributed by atoms with Crippen LogP contribution < -0.4 is 10.0 Å². The Hall–Kier alpha value is -0.660. The molecule has 20 heavy (non-hydrogen) atoms. The van der Waals surface area contributed by atoms with Gasteiger partial charge in [0.15, 0.2) is 0 Å². The third kappa shape index (κ3) is 7.21. The molecule has 1 heterocycles. The molecule has 1 saturated heterocycles. The quantitative estimate of drug-likeness (QED) is 0.758. The summed E-state index contributed by atoms with van der Waals surface area (Å²) >= 11 is 0. The highest BCUT2D eigenvalue weighted by atomic mass is 32.2. The van der Waals surface area contributed by atoms with Crippen LogP contribution in [0.5, 0.6) is 0 Å². The van der Waals surface area contributed by atoms with Gasteiger partial charge in [0.25, 0.3) is 0 Å². The number of carbonyl (C=O) groups is 1. The zero-order chi connectivity index (χ0) is 15.4. The molecule has 6 nitrogen and oxygen atoms in total. The van der Waals surface area contributed by atoms with Crippen LogP contribution in [-0.4, -0.2) is 57.2 Å². The summed E-state index contributed by atoms with van der Waals surface area (Å²) in [5.74, 6) is 0.293. The molecule has 7 heteroatoms. The molecule has 1 fully saturated rings. The van der Waals surface area contributed by atoms with E-state index in [-0.39, 0.29) is 17.4 Å². The predicted octanol–water partition coefficient (Wildman–Crippen LogP) is 0.162. The Bertz CT molecular complexity index is 429. The van der Waals surface area contributed by atoms with Gasteiger partial charge in [-0.2, -0.15) is 0 Å². The molecule has 1 rings (SSSR count). The number of sulfonamides is 1. The van der Waals surface area contributed by atoms with Crippen LogP contribution in [0.2, 0.25) is 0 Å². The van der Waals surface area contributed by atoms with Gasteiger partial charge in [0, 0.05) is 25.2 Å². The van der Waals surface area contributed by atoms with Crippen molar-refractivity contribution < 1.29 is 13.2 Å². The van der Waals surface area contributed by atoms with E-state index in [1.807, 2.05) is 25.7 Å². The lowest BCUT2D eigenvalue weighted by Gasteiger charge is -2.33. The molecule has 1 atom stereocenters. The molecule has 0 aromatic rings. The topological polar surface area (TPSA) is 78.5 Å². The van der Waals surface area contributed by atoms with E-state index in [0.717, 1.165) is 25.6 Å².